The molecule has 2 saturated carbocycles. The number of carboxylic acids is 3. The molecular weight excluding hydrogens is 1510 g/mol. The number of alkyl halides is 3. The minimum Gasteiger partial charge on any atom is -0.624 e. The van der Waals surface area contributed by atoms with Crippen LogP contribution >= 0.6 is 11.6 Å². The topological polar surface area (TPSA) is 320 Å². The van der Waals surface area contributed by atoms with Crippen molar-refractivity contribution >= 4 is 85.9 Å². The SMILES string of the molecule is CC/[N+]([O-])=C/c1ccc(S(C)(=O)=O)cc1Cl.CN1CCC(/[N+]([O-])=C/c2ccc(C(=O)O)cc2)CC1.O=C(O)c1ccc(/C=[N+](\[O-])C2CCN(Cc3ccccc3)CC2)cc1.O=C(O)c1ccc(/C=[N+](\[O-])Cc2ccc(N3CCCCC3)cc2)cc1.O=S(=O)(c1ccc(/C=[N+](\[O-])C2CCCC2)c(C(F)(F)F)c1)C1CCCCC1. The number of sulfone groups is 2. The van der Waals surface area contributed by atoms with E-state index in [0.717, 1.165) is 158 Å². The number of piperidine rings is 3. The second-order valence-corrected chi connectivity index (χ2v) is 33.2. The van der Waals surface area contributed by atoms with Crippen molar-refractivity contribution in [2.24, 2.45) is 0 Å². The molecule has 0 atom stereocenters. The van der Waals surface area contributed by atoms with Gasteiger partial charge in [0, 0.05) is 119 Å². The van der Waals surface area contributed by atoms with Gasteiger partial charge in [0.15, 0.2) is 82.0 Å². The van der Waals surface area contributed by atoms with Gasteiger partial charge >= 0.3 is 24.1 Å². The lowest BCUT2D eigenvalue weighted by molar-refractivity contribution is -0.501. The molecule has 12 rings (SSSR count). The van der Waals surface area contributed by atoms with Crippen LogP contribution in [0.2, 0.25) is 5.02 Å². The summed E-state index contributed by atoms with van der Waals surface area (Å²) in [6, 6.07) is 44.4. The highest BCUT2D eigenvalue weighted by atomic mass is 35.5. The molecule has 3 aliphatic heterocycles. The van der Waals surface area contributed by atoms with E-state index in [4.69, 9.17) is 26.9 Å². The van der Waals surface area contributed by atoms with Gasteiger partial charge in [-0.3, -0.25) is 4.90 Å². The predicted molar refractivity (Wildman–Crippen MR) is 429 cm³/mol. The van der Waals surface area contributed by atoms with Crippen LogP contribution in [0.5, 0.6) is 0 Å². The van der Waals surface area contributed by atoms with Gasteiger partial charge in [-0.25, -0.2) is 54.9 Å². The Morgan fingerprint density at radius 3 is 1.41 bits per heavy atom. The number of likely N-dealkylation sites (tertiary alicyclic amines) is 2. The van der Waals surface area contributed by atoms with Crippen LogP contribution in [-0.2, 0) is 38.9 Å². The zero-order valence-corrected chi connectivity index (χ0v) is 65.5. The Labute approximate surface area is 657 Å². The summed E-state index contributed by atoms with van der Waals surface area (Å²) >= 11 is 5.88. The Morgan fingerprint density at radius 1 is 0.491 bits per heavy atom. The summed E-state index contributed by atoms with van der Waals surface area (Å²) in [5, 5.41) is 86.0. The van der Waals surface area contributed by atoms with E-state index >= 15 is 0 Å². The number of rotatable bonds is 20. The molecule has 600 valence electrons. The van der Waals surface area contributed by atoms with Gasteiger partial charge in [0.25, 0.3) is 0 Å². The summed E-state index contributed by atoms with van der Waals surface area (Å²) in [5.41, 5.74) is 5.43. The molecule has 0 aromatic heterocycles. The number of halogens is 4. The Morgan fingerprint density at radius 2 is 0.938 bits per heavy atom. The first-order valence-electron chi connectivity index (χ1n) is 37.5. The van der Waals surface area contributed by atoms with Crippen LogP contribution in [0.1, 0.15) is 185 Å². The number of hydrogen-bond donors (Lipinski definition) is 3. The molecule has 3 saturated heterocycles. The monoisotopic (exact) mass is 1600 g/mol. The molecule has 112 heavy (non-hydrogen) atoms. The van der Waals surface area contributed by atoms with E-state index < -0.39 is 54.6 Å². The van der Waals surface area contributed by atoms with Gasteiger partial charge in [0.05, 0.1) is 53.4 Å². The van der Waals surface area contributed by atoms with Gasteiger partial charge < -0.3 is 51.2 Å². The lowest BCUT2D eigenvalue weighted by Gasteiger charge is -2.30. The summed E-state index contributed by atoms with van der Waals surface area (Å²) in [6.07, 6.45) is 17.0. The predicted octanol–water partition coefficient (Wildman–Crippen LogP) is 14.3. The number of aromatic carboxylic acids is 3. The van der Waals surface area contributed by atoms with Crippen LogP contribution < -0.4 is 4.90 Å². The van der Waals surface area contributed by atoms with Crippen molar-refractivity contribution in [1.82, 2.24) is 9.80 Å². The van der Waals surface area contributed by atoms with E-state index in [9.17, 15) is 70.4 Å². The normalized spacial score (nSPS) is 17.1. The van der Waals surface area contributed by atoms with E-state index in [1.165, 1.54) is 104 Å². The number of hydrogen-bond acceptors (Lipinski definition) is 15. The molecule has 3 N–H and O–H groups in total. The molecule has 0 amide bonds. The van der Waals surface area contributed by atoms with Crippen molar-refractivity contribution in [2.45, 2.75) is 162 Å². The maximum absolute atomic E-state index is 13.6. The highest BCUT2D eigenvalue weighted by molar-refractivity contribution is 7.92. The van der Waals surface area contributed by atoms with Crippen LogP contribution in [0.25, 0.3) is 0 Å². The molecule has 2 aliphatic carbocycles. The van der Waals surface area contributed by atoms with Crippen LogP contribution in [0, 0.1) is 26.0 Å². The van der Waals surface area contributed by atoms with Crippen molar-refractivity contribution in [3.05, 3.63) is 256 Å². The van der Waals surface area contributed by atoms with Crippen LogP contribution in [-0.4, -0.2) is 197 Å². The van der Waals surface area contributed by atoms with Crippen molar-refractivity contribution in [3.8, 4) is 0 Å². The van der Waals surface area contributed by atoms with E-state index in [1.807, 2.05) is 30.3 Å². The molecule has 0 radical (unpaired) electrons. The van der Waals surface area contributed by atoms with Crippen molar-refractivity contribution in [2.75, 3.05) is 64.0 Å². The first-order chi connectivity index (χ1) is 53.3. The number of nitrogens with zero attached hydrogens (tertiary/aromatic N) is 8. The lowest BCUT2D eigenvalue weighted by atomic mass is 10.0. The Balaban J connectivity index is 0.000000178. The fourth-order valence-electron chi connectivity index (χ4n) is 13.5. The van der Waals surface area contributed by atoms with E-state index in [2.05, 4.69) is 46.0 Å². The van der Waals surface area contributed by atoms with Crippen LogP contribution in [0.3, 0.4) is 0 Å². The zero-order chi connectivity index (χ0) is 81.1. The third-order valence-corrected chi connectivity index (χ3v) is 23.8. The molecule has 5 fully saturated rings. The number of carbonyl (C=O) groups is 3. The third-order valence-electron chi connectivity index (χ3n) is 20.1. The summed E-state index contributed by atoms with van der Waals surface area (Å²) in [4.78, 5) is 39.2. The highest BCUT2D eigenvalue weighted by Crippen LogP contribution is 2.36. The van der Waals surface area contributed by atoms with E-state index in [1.54, 1.807) is 55.8 Å². The highest BCUT2D eigenvalue weighted by Gasteiger charge is 2.38. The largest absolute Gasteiger partial charge is 0.624 e. The molecule has 23 nitrogen and oxygen atoms in total. The molecule has 7 aromatic rings. The standard InChI is InChI=1S/2C20H22N2O3.C19H24F3NO3S.C14H18N2O3.C10H12ClNO3S/c23-20(24)18-8-4-16(5-9-18)14-22(25)15-17-6-10-19(11-7-17)21-12-2-1-3-13-21;23-20(24)18-8-6-17(7-9-18)15-22(25)19-10-12-21(13-11-19)14-16-4-2-1-3-5-16;20-19(21,22)18-12-17(27(25,26)16-8-2-1-3-9-16)11-10-14(18)13-23(24)15-6-4-5-7-15;1-15-8-6-13(7-9-15)16(19)10-11-2-4-12(5-3-11)14(17)18;1-3-12(13)7-8-4-5-9(6-10(8)11)16(2,14)15/h4-11,14H,1-3,12-13,15H2,(H,23,24);1-9,15,19H,10-14H2,(H,23,24);10-13,15-16H,1-9H2;2-5,10,13H,6-9H2,1H3,(H,17,18);4-7H,3H2,1-2H3/b22-14-;22-15-;23-13-;16-10-;12-7-. The summed E-state index contributed by atoms with van der Waals surface area (Å²) in [6.45, 7) is 9.11. The Hall–Kier alpha value is -10.0. The molecule has 7 aromatic carbocycles. The molecule has 0 unspecified atom stereocenters. The van der Waals surface area contributed by atoms with Gasteiger partial charge in [0.2, 0.25) is 0 Å². The molecule has 29 heteroatoms. The average molecular weight is 1600 g/mol. The van der Waals surface area contributed by atoms with Crippen molar-refractivity contribution < 1.29 is 83.4 Å². The average Bonchev–Trinajstić information content (AvgIpc) is 0.874. The van der Waals surface area contributed by atoms with Crippen molar-refractivity contribution in [3.63, 3.8) is 0 Å². The number of anilines is 1. The quantitative estimate of drug-likeness (QED) is 0.0276. The minimum absolute atomic E-state index is 0.0221. The molecule has 5 aliphatic rings. The zero-order valence-electron chi connectivity index (χ0n) is 63.1. The lowest BCUT2D eigenvalue weighted by Crippen LogP contribution is -2.39. The number of hydroxylamine groups is 5. The Kier molecular flexibility index (Phi) is 32.9. The Bertz CT molecular complexity index is 4650. The van der Waals surface area contributed by atoms with E-state index in [-0.39, 0.29) is 61.7 Å². The second kappa shape index (κ2) is 42.0. The first-order valence-corrected chi connectivity index (χ1v) is 41.4. The first kappa shape index (κ1) is 87.6. The van der Waals surface area contributed by atoms with Gasteiger partial charge in [-0.2, -0.15) is 13.2 Å². The third kappa shape index (κ3) is 27.4. The fourth-order valence-corrected chi connectivity index (χ4v) is 16.4. The van der Waals surface area contributed by atoms with Crippen molar-refractivity contribution in [1.29, 1.82) is 0 Å². The van der Waals surface area contributed by atoms with Gasteiger partial charge in [-0.1, -0.05) is 73.3 Å². The smallest absolute Gasteiger partial charge is 0.417 e. The van der Waals surface area contributed by atoms with Crippen LogP contribution in [0.15, 0.2) is 174 Å². The molecule has 3 heterocycles. The molecular formula is C83H98ClF3N8O15S2. The second-order valence-electron chi connectivity index (χ2n) is 28.5. The molecule has 0 spiro atoms. The fraction of sp³-hybridized carbons (Fsp3) is 0.398. The van der Waals surface area contributed by atoms with E-state index in [0.29, 0.717) is 54.2 Å². The van der Waals surface area contributed by atoms with Gasteiger partial charge in [-0.15, -0.1) is 0 Å². The summed E-state index contributed by atoms with van der Waals surface area (Å²) < 4.78 is 92.8. The summed E-state index contributed by atoms with van der Waals surface area (Å²) in [5.74, 6) is -2.89. The maximum atomic E-state index is 13.6. The molecule has 0 bridgehead atoms. The maximum Gasteiger partial charge on any atom is 0.417 e. The van der Waals surface area contributed by atoms with Gasteiger partial charge in [-0.05, 0) is 186 Å². The number of carboxylic acid groups (broad SMARTS) is 3. The minimum atomic E-state index is -4.74. The van der Waals surface area contributed by atoms with Gasteiger partial charge in [0.1, 0.15) is 0 Å². The number of benzene rings is 7. The van der Waals surface area contributed by atoms with Crippen LogP contribution in [0.4, 0.5) is 18.9 Å². The summed E-state index contributed by atoms with van der Waals surface area (Å²) in [7, 11) is -5.02.